The average Bonchev–Trinajstić information content (AvgIpc) is 3.09. The van der Waals surface area contributed by atoms with Gasteiger partial charge in [-0.25, -0.2) is 0 Å². The molecule has 1 heterocycles. The predicted molar refractivity (Wildman–Crippen MR) is 114 cm³/mol. The normalized spacial score (nSPS) is 13.5. The highest BCUT2D eigenvalue weighted by atomic mass is 35.5. The minimum Gasteiger partial charge on any atom is -0.481 e. The van der Waals surface area contributed by atoms with Gasteiger partial charge < -0.3 is 21.1 Å². The van der Waals surface area contributed by atoms with E-state index >= 15 is 0 Å². The first-order valence-corrected chi connectivity index (χ1v) is 9.90. The van der Waals surface area contributed by atoms with Crippen molar-refractivity contribution in [3.63, 3.8) is 0 Å². The van der Waals surface area contributed by atoms with Gasteiger partial charge in [-0.05, 0) is 48.6 Å². The SMILES string of the molecule is NCC(CCc1ccc(Cl)cc1)N[C@H](CC(=O)O)Cc1c[nH]c2ccccc12. The number of halogens is 1. The predicted octanol–water partition coefficient (Wildman–Crippen LogP) is 3.76. The Labute approximate surface area is 169 Å². The monoisotopic (exact) mass is 399 g/mol. The molecule has 1 unspecified atom stereocenters. The molecule has 0 saturated carbocycles. The molecule has 0 aliphatic carbocycles. The van der Waals surface area contributed by atoms with Crippen molar-refractivity contribution in [2.75, 3.05) is 6.54 Å². The van der Waals surface area contributed by atoms with Crippen LogP contribution in [0.3, 0.4) is 0 Å². The number of aromatic amines is 1. The zero-order valence-corrected chi connectivity index (χ0v) is 16.5. The van der Waals surface area contributed by atoms with Gasteiger partial charge in [0, 0.05) is 40.8 Å². The van der Waals surface area contributed by atoms with Crippen molar-refractivity contribution < 1.29 is 9.90 Å². The van der Waals surface area contributed by atoms with E-state index in [1.165, 1.54) is 5.56 Å². The van der Waals surface area contributed by atoms with Crippen molar-refractivity contribution >= 4 is 28.5 Å². The number of carboxylic acids is 1. The van der Waals surface area contributed by atoms with Crippen molar-refractivity contribution in [3.8, 4) is 0 Å². The lowest BCUT2D eigenvalue weighted by Crippen LogP contribution is -2.45. The number of rotatable bonds is 10. The molecular weight excluding hydrogens is 374 g/mol. The lowest BCUT2D eigenvalue weighted by Gasteiger charge is -2.24. The van der Waals surface area contributed by atoms with Gasteiger partial charge in [-0.3, -0.25) is 4.79 Å². The standard InChI is InChI=1S/C22H26ClN3O2/c23-17-8-5-15(6-9-17)7-10-18(13-24)26-19(12-22(27)28)11-16-14-25-21-4-2-1-3-20(16)21/h1-6,8-9,14,18-19,25-26H,7,10-13,24H2,(H,27,28)/t18?,19-/m0/s1. The van der Waals surface area contributed by atoms with Crippen LogP contribution in [0, 0.1) is 0 Å². The molecule has 3 aromatic rings. The van der Waals surface area contributed by atoms with Crippen LogP contribution in [0.5, 0.6) is 0 Å². The maximum Gasteiger partial charge on any atom is 0.304 e. The number of fused-ring (bicyclic) bond motifs is 1. The molecule has 0 aliphatic rings. The Morgan fingerprint density at radius 2 is 1.89 bits per heavy atom. The van der Waals surface area contributed by atoms with E-state index in [0.29, 0.717) is 13.0 Å². The van der Waals surface area contributed by atoms with Crippen LogP contribution >= 0.6 is 11.6 Å². The van der Waals surface area contributed by atoms with E-state index in [4.69, 9.17) is 17.3 Å². The topological polar surface area (TPSA) is 91.1 Å². The molecule has 0 bridgehead atoms. The number of aryl methyl sites for hydroxylation is 1. The molecule has 5 nitrogen and oxygen atoms in total. The van der Waals surface area contributed by atoms with Gasteiger partial charge >= 0.3 is 5.97 Å². The summed E-state index contributed by atoms with van der Waals surface area (Å²) in [5.41, 5.74) is 9.33. The van der Waals surface area contributed by atoms with Crippen LogP contribution in [0.4, 0.5) is 0 Å². The number of carboxylic acid groups (broad SMARTS) is 1. The fraction of sp³-hybridized carbons (Fsp3) is 0.318. The summed E-state index contributed by atoms with van der Waals surface area (Å²) in [6.07, 6.45) is 4.35. The highest BCUT2D eigenvalue weighted by molar-refractivity contribution is 6.30. The Kier molecular flexibility index (Phi) is 7.09. The van der Waals surface area contributed by atoms with E-state index in [1.54, 1.807) is 0 Å². The van der Waals surface area contributed by atoms with Crippen LogP contribution in [0.2, 0.25) is 5.02 Å². The zero-order chi connectivity index (χ0) is 19.9. The maximum atomic E-state index is 11.4. The molecule has 2 aromatic carbocycles. The quantitative estimate of drug-likeness (QED) is 0.417. The van der Waals surface area contributed by atoms with Crippen LogP contribution in [-0.2, 0) is 17.6 Å². The van der Waals surface area contributed by atoms with Gasteiger partial charge in [-0.2, -0.15) is 0 Å². The number of para-hydroxylation sites is 1. The number of nitrogens with one attached hydrogen (secondary N) is 2. The summed E-state index contributed by atoms with van der Waals surface area (Å²) in [5.74, 6) is -0.814. The second kappa shape index (κ2) is 9.73. The highest BCUT2D eigenvalue weighted by Gasteiger charge is 2.19. The Morgan fingerprint density at radius 1 is 1.14 bits per heavy atom. The second-order valence-electron chi connectivity index (χ2n) is 7.12. The fourth-order valence-electron chi connectivity index (χ4n) is 3.56. The van der Waals surface area contributed by atoms with Gasteiger partial charge in [-0.1, -0.05) is 41.9 Å². The highest BCUT2D eigenvalue weighted by Crippen LogP contribution is 2.20. The first-order chi connectivity index (χ1) is 13.5. The molecule has 2 atom stereocenters. The number of aliphatic carboxylic acids is 1. The summed E-state index contributed by atoms with van der Waals surface area (Å²) in [5, 5.41) is 14.7. The number of aromatic nitrogens is 1. The largest absolute Gasteiger partial charge is 0.481 e. The van der Waals surface area contributed by atoms with Crippen molar-refractivity contribution in [2.24, 2.45) is 5.73 Å². The number of nitrogens with two attached hydrogens (primary N) is 1. The summed E-state index contributed by atoms with van der Waals surface area (Å²) < 4.78 is 0. The Morgan fingerprint density at radius 3 is 2.61 bits per heavy atom. The molecule has 0 amide bonds. The van der Waals surface area contributed by atoms with E-state index in [1.807, 2.05) is 48.7 Å². The molecule has 0 saturated heterocycles. The molecule has 28 heavy (non-hydrogen) atoms. The Hall–Kier alpha value is -2.34. The number of carbonyl (C=O) groups is 1. The molecular formula is C22H26ClN3O2. The molecule has 5 N–H and O–H groups in total. The van der Waals surface area contributed by atoms with Crippen LogP contribution < -0.4 is 11.1 Å². The number of H-pyrrole nitrogens is 1. The average molecular weight is 400 g/mol. The van der Waals surface area contributed by atoms with Gasteiger partial charge in [0.2, 0.25) is 0 Å². The third-order valence-corrected chi connectivity index (χ3v) is 5.26. The maximum absolute atomic E-state index is 11.4. The van der Waals surface area contributed by atoms with Crippen LogP contribution in [0.25, 0.3) is 10.9 Å². The summed E-state index contributed by atoms with van der Waals surface area (Å²) in [7, 11) is 0. The fourth-order valence-corrected chi connectivity index (χ4v) is 3.69. The van der Waals surface area contributed by atoms with Gasteiger partial charge in [0.15, 0.2) is 0 Å². The molecule has 0 fully saturated rings. The van der Waals surface area contributed by atoms with E-state index in [9.17, 15) is 9.90 Å². The van der Waals surface area contributed by atoms with Gasteiger partial charge in [0.1, 0.15) is 0 Å². The number of hydrogen-bond acceptors (Lipinski definition) is 3. The lowest BCUT2D eigenvalue weighted by atomic mass is 9.99. The summed E-state index contributed by atoms with van der Waals surface area (Å²) in [4.78, 5) is 14.6. The zero-order valence-electron chi connectivity index (χ0n) is 15.7. The van der Waals surface area contributed by atoms with Crippen LogP contribution in [-0.4, -0.2) is 34.7 Å². The van der Waals surface area contributed by atoms with Crippen LogP contribution in [0.1, 0.15) is 24.0 Å². The smallest absolute Gasteiger partial charge is 0.304 e. The molecule has 0 spiro atoms. The minimum atomic E-state index is -0.814. The number of benzene rings is 2. The van der Waals surface area contributed by atoms with E-state index < -0.39 is 5.97 Å². The molecule has 3 rings (SSSR count). The second-order valence-corrected chi connectivity index (χ2v) is 7.56. The lowest BCUT2D eigenvalue weighted by molar-refractivity contribution is -0.137. The first-order valence-electron chi connectivity index (χ1n) is 9.52. The number of hydrogen-bond donors (Lipinski definition) is 4. The van der Waals surface area contributed by atoms with Gasteiger partial charge in [-0.15, -0.1) is 0 Å². The summed E-state index contributed by atoms with van der Waals surface area (Å²) in [6, 6.07) is 15.7. The molecule has 0 aliphatic heterocycles. The van der Waals surface area contributed by atoms with Crippen molar-refractivity contribution in [1.29, 1.82) is 0 Å². The Bertz CT molecular complexity index is 908. The van der Waals surface area contributed by atoms with Crippen molar-refractivity contribution in [3.05, 3.63) is 70.9 Å². The van der Waals surface area contributed by atoms with E-state index in [2.05, 4.69) is 16.4 Å². The first kappa shape index (κ1) is 20.4. The summed E-state index contributed by atoms with van der Waals surface area (Å²) >= 11 is 5.94. The Balaban J connectivity index is 1.66. The van der Waals surface area contributed by atoms with Gasteiger partial charge in [0.05, 0.1) is 6.42 Å². The minimum absolute atomic E-state index is 0.0465. The van der Waals surface area contributed by atoms with Crippen molar-refractivity contribution in [2.45, 2.75) is 37.8 Å². The third kappa shape index (κ3) is 5.58. The molecule has 148 valence electrons. The van der Waals surface area contributed by atoms with Gasteiger partial charge in [0.25, 0.3) is 0 Å². The molecule has 6 heteroatoms. The summed E-state index contributed by atoms with van der Waals surface area (Å²) in [6.45, 7) is 0.456. The molecule has 0 radical (unpaired) electrons. The third-order valence-electron chi connectivity index (χ3n) is 5.01. The van der Waals surface area contributed by atoms with Crippen molar-refractivity contribution in [1.82, 2.24) is 10.3 Å². The van der Waals surface area contributed by atoms with Crippen LogP contribution in [0.15, 0.2) is 54.7 Å². The molecule has 1 aromatic heterocycles. The van der Waals surface area contributed by atoms with E-state index in [0.717, 1.165) is 34.3 Å². The van der Waals surface area contributed by atoms with E-state index in [-0.39, 0.29) is 18.5 Å².